The van der Waals surface area contributed by atoms with E-state index in [2.05, 4.69) is 15.6 Å². The van der Waals surface area contributed by atoms with Crippen molar-refractivity contribution in [3.8, 4) is 0 Å². The molecule has 2 aromatic carbocycles. The molecule has 1 aliphatic heterocycles. The van der Waals surface area contributed by atoms with Gasteiger partial charge in [-0.15, -0.1) is 0 Å². The van der Waals surface area contributed by atoms with Crippen LogP contribution in [0, 0.1) is 0 Å². The third kappa shape index (κ3) is 5.40. The number of carbonyl (C=O) groups excluding carboxylic acids is 3. The summed E-state index contributed by atoms with van der Waals surface area (Å²) in [5.74, 6) is -0.144. The molecule has 1 aromatic heterocycles. The van der Waals surface area contributed by atoms with E-state index in [9.17, 15) is 14.4 Å². The smallest absolute Gasteiger partial charge is 0.254 e. The third-order valence-electron chi connectivity index (χ3n) is 8.21. The summed E-state index contributed by atoms with van der Waals surface area (Å²) in [6.45, 7) is 3.28. The molecule has 2 aliphatic rings. The van der Waals surface area contributed by atoms with E-state index in [4.69, 9.17) is 14.2 Å². The fourth-order valence-corrected chi connectivity index (χ4v) is 5.85. The van der Waals surface area contributed by atoms with E-state index in [1.54, 1.807) is 34.3 Å². The zero-order valence-electron chi connectivity index (χ0n) is 24.5. The Kier molecular flexibility index (Phi) is 8.14. The molecule has 5 rings (SSSR count). The number of amides is 3. The van der Waals surface area contributed by atoms with Gasteiger partial charge in [0.1, 0.15) is 18.0 Å². The fourth-order valence-electron chi connectivity index (χ4n) is 5.85. The molecular weight excluding hydrogens is 536 g/mol. The van der Waals surface area contributed by atoms with Crippen molar-refractivity contribution in [1.29, 1.82) is 0 Å². The van der Waals surface area contributed by atoms with Crippen molar-refractivity contribution in [3.05, 3.63) is 88.6 Å². The highest BCUT2D eigenvalue weighted by Crippen LogP contribution is 2.47. The second-order valence-electron chi connectivity index (χ2n) is 11.2. The molecule has 1 atom stereocenters. The molecule has 0 fully saturated rings. The van der Waals surface area contributed by atoms with Gasteiger partial charge in [0.2, 0.25) is 11.8 Å². The lowest BCUT2D eigenvalue weighted by Gasteiger charge is -2.31. The van der Waals surface area contributed by atoms with Crippen LogP contribution in [0.1, 0.15) is 48.0 Å². The standard InChI is InChI=1S/C32H36N4O6/c1-31(2,42-5)30(39)36(18-21-9-6-7-10-24(21)28(40-3)41-4)19-26(37)34-23-13-12-20-16-32(17-22(20)15-23)25-11-8-14-33-27(25)35-29(32)38/h6-15,28H,16-19H2,1-5H3,(H,34,37)(H,33,35,38). The van der Waals surface area contributed by atoms with Crippen LogP contribution in [0.25, 0.3) is 0 Å². The van der Waals surface area contributed by atoms with Crippen molar-refractivity contribution < 1.29 is 28.6 Å². The Morgan fingerprint density at radius 2 is 1.79 bits per heavy atom. The first-order valence-corrected chi connectivity index (χ1v) is 13.8. The molecule has 10 nitrogen and oxygen atoms in total. The van der Waals surface area contributed by atoms with Crippen molar-refractivity contribution in [3.63, 3.8) is 0 Å². The van der Waals surface area contributed by atoms with Gasteiger partial charge in [0.15, 0.2) is 6.29 Å². The van der Waals surface area contributed by atoms with Gasteiger partial charge in [-0.1, -0.05) is 36.4 Å². The zero-order chi connectivity index (χ0) is 30.1. The summed E-state index contributed by atoms with van der Waals surface area (Å²) in [5.41, 5.74) is 3.25. The van der Waals surface area contributed by atoms with Crippen LogP contribution >= 0.6 is 0 Å². The Labute approximate surface area is 245 Å². The molecule has 0 bridgehead atoms. The lowest BCUT2D eigenvalue weighted by atomic mass is 9.79. The van der Waals surface area contributed by atoms with Gasteiger partial charge >= 0.3 is 0 Å². The summed E-state index contributed by atoms with van der Waals surface area (Å²) in [5, 5.41) is 5.86. The van der Waals surface area contributed by atoms with E-state index in [0.717, 1.165) is 27.8 Å². The molecular formula is C32H36N4O6. The first-order chi connectivity index (χ1) is 20.1. The van der Waals surface area contributed by atoms with Crippen LogP contribution in [0.4, 0.5) is 11.5 Å². The summed E-state index contributed by atoms with van der Waals surface area (Å²) in [7, 11) is 4.55. The van der Waals surface area contributed by atoms with Crippen LogP contribution in [0.15, 0.2) is 60.8 Å². The van der Waals surface area contributed by atoms with E-state index in [1.165, 1.54) is 12.0 Å². The largest absolute Gasteiger partial charge is 0.369 e. The van der Waals surface area contributed by atoms with Crippen molar-refractivity contribution in [2.75, 3.05) is 38.5 Å². The minimum absolute atomic E-state index is 0.0580. The number of nitrogens with zero attached hydrogens (tertiary/aromatic N) is 2. The molecule has 2 heterocycles. The predicted molar refractivity (Wildman–Crippen MR) is 157 cm³/mol. The van der Waals surface area contributed by atoms with E-state index in [0.29, 0.717) is 24.3 Å². The first-order valence-electron chi connectivity index (χ1n) is 13.8. The van der Waals surface area contributed by atoms with Gasteiger partial charge in [-0.3, -0.25) is 14.4 Å². The third-order valence-corrected chi connectivity index (χ3v) is 8.21. The number of aromatic nitrogens is 1. The van der Waals surface area contributed by atoms with Crippen LogP contribution in [-0.2, 0) is 53.4 Å². The Hall–Kier alpha value is -4.12. The minimum Gasteiger partial charge on any atom is -0.369 e. The Morgan fingerprint density at radius 3 is 2.52 bits per heavy atom. The van der Waals surface area contributed by atoms with Crippen molar-refractivity contribution in [1.82, 2.24) is 9.88 Å². The van der Waals surface area contributed by atoms with Gasteiger partial charge in [-0.05, 0) is 61.6 Å². The van der Waals surface area contributed by atoms with Gasteiger partial charge < -0.3 is 29.7 Å². The van der Waals surface area contributed by atoms with E-state index < -0.39 is 17.3 Å². The lowest BCUT2D eigenvalue weighted by molar-refractivity contribution is -0.153. The number of rotatable bonds is 10. The molecule has 1 unspecified atom stereocenters. The number of anilines is 2. The highest BCUT2D eigenvalue weighted by molar-refractivity contribution is 6.06. The number of hydrogen-bond donors (Lipinski definition) is 2. The predicted octanol–water partition coefficient (Wildman–Crippen LogP) is 3.75. The number of carbonyl (C=O) groups is 3. The number of fused-ring (bicyclic) bond motifs is 3. The molecule has 0 saturated heterocycles. The first kappa shape index (κ1) is 29.4. The topological polar surface area (TPSA) is 119 Å². The highest BCUT2D eigenvalue weighted by atomic mass is 16.7. The summed E-state index contributed by atoms with van der Waals surface area (Å²) in [6.07, 6.45) is 2.13. The molecule has 1 spiro atoms. The quantitative estimate of drug-likeness (QED) is 0.355. The normalized spacial score (nSPS) is 17.2. The Bertz CT molecular complexity index is 1520. The summed E-state index contributed by atoms with van der Waals surface area (Å²) >= 11 is 0. The Balaban J connectivity index is 1.35. The maximum Gasteiger partial charge on any atom is 0.254 e. The molecule has 3 amide bonds. The highest BCUT2D eigenvalue weighted by Gasteiger charge is 2.51. The Morgan fingerprint density at radius 1 is 1.05 bits per heavy atom. The monoisotopic (exact) mass is 572 g/mol. The lowest BCUT2D eigenvalue weighted by Crippen LogP contribution is -2.48. The van der Waals surface area contributed by atoms with Gasteiger partial charge in [0.25, 0.3) is 5.91 Å². The summed E-state index contributed by atoms with van der Waals surface area (Å²) < 4.78 is 16.4. The van der Waals surface area contributed by atoms with Crippen molar-refractivity contribution in [2.45, 2.75) is 50.5 Å². The number of benzene rings is 2. The molecule has 1 aliphatic carbocycles. The second kappa shape index (κ2) is 11.6. The number of hydrogen-bond acceptors (Lipinski definition) is 7. The summed E-state index contributed by atoms with van der Waals surface area (Å²) in [6, 6.07) is 16.9. The van der Waals surface area contributed by atoms with Crippen LogP contribution in [0.3, 0.4) is 0 Å². The molecule has 42 heavy (non-hydrogen) atoms. The van der Waals surface area contributed by atoms with Crippen LogP contribution in [0.5, 0.6) is 0 Å². The van der Waals surface area contributed by atoms with E-state index in [-0.39, 0.29) is 30.8 Å². The minimum atomic E-state index is -1.15. The van der Waals surface area contributed by atoms with Crippen LogP contribution in [0.2, 0.25) is 0 Å². The maximum absolute atomic E-state index is 13.6. The van der Waals surface area contributed by atoms with Crippen LogP contribution in [-0.4, -0.2) is 61.1 Å². The van der Waals surface area contributed by atoms with Crippen molar-refractivity contribution in [2.24, 2.45) is 0 Å². The van der Waals surface area contributed by atoms with E-state index in [1.807, 2.05) is 54.6 Å². The molecule has 0 radical (unpaired) electrons. The molecule has 220 valence electrons. The SMILES string of the molecule is COC(OC)c1ccccc1CN(CC(=O)Nc1ccc2c(c1)CC1(C2)C(=O)Nc2ncccc21)C(=O)C(C)(C)OC. The average molecular weight is 573 g/mol. The summed E-state index contributed by atoms with van der Waals surface area (Å²) in [4.78, 5) is 45.8. The molecule has 0 saturated carbocycles. The van der Waals surface area contributed by atoms with E-state index >= 15 is 0 Å². The van der Waals surface area contributed by atoms with Crippen molar-refractivity contribution >= 4 is 29.2 Å². The number of pyridine rings is 1. The fraction of sp³-hybridized carbons (Fsp3) is 0.375. The van der Waals surface area contributed by atoms with Gasteiger partial charge in [0.05, 0.1) is 5.41 Å². The van der Waals surface area contributed by atoms with Gasteiger partial charge in [0, 0.05) is 50.9 Å². The molecule has 3 aromatic rings. The average Bonchev–Trinajstić information content (AvgIpc) is 3.50. The maximum atomic E-state index is 13.6. The van der Waals surface area contributed by atoms with Gasteiger partial charge in [-0.25, -0.2) is 4.98 Å². The number of methoxy groups -OCH3 is 3. The molecule has 10 heteroatoms. The molecule has 2 N–H and O–H groups in total. The number of nitrogens with one attached hydrogen (secondary N) is 2. The van der Waals surface area contributed by atoms with Crippen LogP contribution < -0.4 is 10.6 Å². The van der Waals surface area contributed by atoms with Gasteiger partial charge in [-0.2, -0.15) is 0 Å². The number of ether oxygens (including phenoxy) is 3. The zero-order valence-corrected chi connectivity index (χ0v) is 24.5. The second-order valence-corrected chi connectivity index (χ2v) is 11.2.